The molecule has 0 aromatic carbocycles. The molecule has 0 radical (unpaired) electrons. The first-order valence-corrected chi connectivity index (χ1v) is 1.81. The summed E-state index contributed by atoms with van der Waals surface area (Å²) in [6.45, 7) is 0. The Kier molecular flexibility index (Phi) is 3.48. The molecule has 0 fully saturated rings. The number of rotatable bonds is 2. The van der Waals surface area contributed by atoms with Crippen molar-refractivity contribution >= 4 is 18.5 Å². The van der Waals surface area contributed by atoms with Crippen LogP contribution in [-0.4, -0.2) is 16.5 Å². The minimum Gasteiger partial charge on any atom is -0.449 e. The number of carboxylic acid groups (broad SMARTS) is 1. The summed E-state index contributed by atoms with van der Waals surface area (Å²) in [5.41, 5.74) is 0. The minimum absolute atomic E-state index is 0.0278. The van der Waals surface area contributed by atoms with Crippen LogP contribution in [0, 0.1) is 0 Å². The van der Waals surface area contributed by atoms with Crippen molar-refractivity contribution in [2.45, 2.75) is 0 Å². The average Bonchev–Trinajstić information content (AvgIpc) is 1.61. The molecule has 0 aliphatic rings. The van der Waals surface area contributed by atoms with Crippen molar-refractivity contribution in [1.29, 1.82) is 0 Å². The summed E-state index contributed by atoms with van der Waals surface area (Å²) >= 11 is -0.0278. The molecular formula is CH2O5S. The van der Waals surface area contributed by atoms with E-state index in [1.807, 2.05) is 0 Å². The standard InChI is InChI=1S/CH2O5S/c2-1(3)5-7-6-4/h4H,(H,2,3). The smallest absolute Gasteiger partial charge is 0.449 e. The second-order valence-electron chi connectivity index (χ2n) is 0.492. The molecule has 7 heavy (non-hydrogen) atoms. The van der Waals surface area contributed by atoms with Crippen molar-refractivity contribution in [1.82, 2.24) is 0 Å². The molecule has 0 aliphatic heterocycles. The molecule has 0 aliphatic carbocycles. The van der Waals surface area contributed by atoms with Crippen LogP contribution in [0.5, 0.6) is 0 Å². The molecule has 42 valence electrons. The molecule has 0 rings (SSSR count). The molecule has 0 bridgehead atoms. The van der Waals surface area contributed by atoms with Crippen LogP contribution >= 0.6 is 12.3 Å². The highest BCUT2D eigenvalue weighted by Crippen LogP contribution is 1.99. The predicted octanol–water partition coefficient (Wildman–Crippen LogP) is 0.734. The Morgan fingerprint density at radius 3 is 2.43 bits per heavy atom. The van der Waals surface area contributed by atoms with Gasteiger partial charge in [0.25, 0.3) is 12.3 Å². The van der Waals surface area contributed by atoms with Gasteiger partial charge in [0.2, 0.25) is 0 Å². The van der Waals surface area contributed by atoms with Gasteiger partial charge in [-0.15, -0.1) is 4.33 Å². The Morgan fingerprint density at radius 2 is 2.29 bits per heavy atom. The van der Waals surface area contributed by atoms with Gasteiger partial charge in [-0.05, 0) is 0 Å². The third-order valence-corrected chi connectivity index (χ3v) is 0.407. The first-order valence-electron chi connectivity index (χ1n) is 1.15. The molecule has 0 unspecified atom stereocenters. The van der Waals surface area contributed by atoms with E-state index in [0.29, 0.717) is 0 Å². The second kappa shape index (κ2) is 3.72. The van der Waals surface area contributed by atoms with Gasteiger partial charge in [0.05, 0.1) is 0 Å². The number of carbonyl (C=O) groups is 1. The van der Waals surface area contributed by atoms with E-state index in [1.54, 1.807) is 0 Å². The van der Waals surface area contributed by atoms with E-state index in [0.717, 1.165) is 0 Å². The zero-order chi connectivity index (χ0) is 5.70. The summed E-state index contributed by atoms with van der Waals surface area (Å²) < 4.78 is 6.72. The zero-order valence-electron chi connectivity index (χ0n) is 3.03. The fourth-order valence-corrected chi connectivity index (χ4v) is 0.133. The first-order chi connectivity index (χ1) is 3.27. The van der Waals surface area contributed by atoms with Gasteiger partial charge in [-0.1, -0.05) is 0 Å². The maximum atomic E-state index is 9.32. The largest absolute Gasteiger partial charge is 0.520 e. The van der Waals surface area contributed by atoms with Gasteiger partial charge >= 0.3 is 6.16 Å². The Hall–Kier alpha value is -0.460. The van der Waals surface area contributed by atoms with Crippen LogP contribution in [0.3, 0.4) is 0 Å². The normalized spacial score (nSPS) is 8.14. The van der Waals surface area contributed by atoms with Crippen LogP contribution in [0.25, 0.3) is 0 Å². The molecule has 2 N–H and O–H groups in total. The lowest BCUT2D eigenvalue weighted by Gasteiger charge is -1.86. The highest BCUT2D eigenvalue weighted by atomic mass is 32.2. The Morgan fingerprint density at radius 1 is 1.71 bits per heavy atom. The topological polar surface area (TPSA) is 76.0 Å². The fraction of sp³-hybridized carbons (Fsp3) is 0. The van der Waals surface area contributed by atoms with Crippen LogP contribution in [0.1, 0.15) is 0 Å². The van der Waals surface area contributed by atoms with Crippen LogP contribution in [0.2, 0.25) is 0 Å². The van der Waals surface area contributed by atoms with Crippen molar-refractivity contribution in [2.75, 3.05) is 0 Å². The monoisotopic (exact) mass is 126 g/mol. The van der Waals surface area contributed by atoms with E-state index in [4.69, 9.17) is 10.4 Å². The van der Waals surface area contributed by atoms with Crippen molar-refractivity contribution in [3.05, 3.63) is 0 Å². The molecule has 0 heterocycles. The van der Waals surface area contributed by atoms with E-state index >= 15 is 0 Å². The average molecular weight is 126 g/mol. The van der Waals surface area contributed by atoms with Crippen molar-refractivity contribution in [2.24, 2.45) is 0 Å². The van der Waals surface area contributed by atoms with Gasteiger partial charge in [-0.25, -0.2) is 10.1 Å². The molecule has 5 nitrogen and oxygen atoms in total. The first kappa shape index (κ1) is 6.54. The molecule has 0 saturated carbocycles. The summed E-state index contributed by atoms with van der Waals surface area (Å²) in [6.07, 6.45) is -1.51. The summed E-state index contributed by atoms with van der Waals surface area (Å²) in [5.74, 6) is 0. The SMILES string of the molecule is O=C(O)OSOO. The van der Waals surface area contributed by atoms with Crippen molar-refractivity contribution in [3.8, 4) is 0 Å². The summed E-state index contributed by atoms with van der Waals surface area (Å²) in [4.78, 5) is 9.32. The molecule has 0 amide bonds. The van der Waals surface area contributed by atoms with Gasteiger partial charge in [0, 0.05) is 0 Å². The Balaban J connectivity index is 2.82. The van der Waals surface area contributed by atoms with Crippen molar-refractivity contribution in [3.63, 3.8) is 0 Å². The lowest BCUT2D eigenvalue weighted by molar-refractivity contribution is -0.123. The van der Waals surface area contributed by atoms with Gasteiger partial charge in [-0.2, -0.15) is 0 Å². The molecule has 0 aromatic rings. The lowest BCUT2D eigenvalue weighted by Crippen LogP contribution is -1.90. The van der Waals surface area contributed by atoms with Crippen LogP contribution in [0.4, 0.5) is 4.79 Å². The van der Waals surface area contributed by atoms with Crippen molar-refractivity contribution < 1.29 is 23.7 Å². The molecular weight excluding hydrogens is 124 g/mol. The van der Waals surface area contributed by atoms with Gasteiger partial charge in [-0.3, -0.25) is 0 Å². The van der Waals surface area contributed by atoms with E-state index in [2.05, 4.69) is 8.52 Å². The molecule has 0 aromatic heterocycles. The zero-order valence-corrected chi connectivity index (χ0v) is 3.84. The van der Waals surface area contributed by atoms with Gasteiger partial charge in [0.1, 0.15) is 0 Å². The molecule has 0 saturated heterocycles. The molecule has 0 spiro atoms. The van der Waals surface area contributed by atoms with E-state index in [1.165, 1.54) is 0 Å². The Labute approximate surface area is 43.2 Å². The second-order valence-corrected chi connectivity index (χ2v) is 0.944. The summed E-state index contributed by atoms with van der Waals surface area (Å²) in [6, 6.07) is 0. The summed E-state index contributed by atoms with van der Waals surface area (Å²) in [5, 5.41) is 15.0. The maximum absolute atomic E-state index is 9.32. The third-order valence-electron chi connectivity index (χ3n) is 0.136. The Bertz CT molecular complexity index is 61.1. The molecule has 0 atom stereocenters. The number of hydrogen-bond acceptors (Lipinski definition) is 5. The highest BCUT2D eigenvalue weighted by Gasteiger charge is 1.94. The predicted molar refractivity (Wildman–Crippen MR) is 20.4 cm³/mol. The van der Waals surface area contributed by atoms with Crippen LogP contribution < -0.4 is 0 Å². The quantitative estimate of drug-likeness (QED) is 0.322. The maximum Gasteiger partial charge on any atom is 0.520 e. The van der Waals surface area contributed by atoms with E-state index in [9.17, 15) is 4.79 Å². The van der Waals surface area contributed by atoms with Gasteiger partial charge < -0.3 is 9.29 Å². The lowest BCUT2D eigenvalue weighted by atomic mass is 11.5. The minimum atomic E-state index is -1.51. The van der Waals surface area contributed by atoms with Crippen LogP contribution in [-0.2, 0) is 8.52 Å². The molecule has 6 heteroatoms. The van der Waals surface area contributed by atoms with E-state index < -0.39 is 6.16 Å². The van der Waals surface area contributed by atoms with Gasteiger partial charge in [0.15, 0.2) is 0 Å². The summed E-state index contributed by atoms with van der Waals surface area (Å²) in [7, 11) is 0. The number of hydrogen-bond donors (Lipinski definition) is 2. The van der Waals surface area contributed by atoms with E-state index in [-0.39, 0.29) is 12.3 Å². The highest BCUT2D eigenvalue weighted by molar-refractivity contribution is 7.90. The van der Waals surface area contributed by atoms with Crippen LogP contribution in [0.15, 0.2) is 0 Å². The fourth-order valence-electron chi connectivity index (χ4n) is 0.0443. The third kappa shape index (κ3) is 5.54.